The van der Waals surface area contributed by atoms with E-state index in [1.807, 2.05) is 0 Å². The second-order valence-electron chi connectivity index (χ2n) is 16.3. The summed E-state index contributed by atoms with van der Waals surface area (Å²) in [6.07, 6.45) is 22.4. The van der Waals surface area contributed by atoms with Gasteiger partial charge in [-0.25, -0.2) is 0 Å². The standard InChI is InChI=1S/C34H70O/c1-31(2,3)27-23-19-15-13-17-21-25-29(33(7,8)9)35-30(34(10,11)12)26-22-18-14-16-20-24-28-32(4,5)6/h29-30H,13-28H2,1-12H3. The summed E-state index contributed by atoms with van der Waals surface area (Å²) in [6.45, 7) is 28.4. The smallest absolute Gasteiger partial charge is 0.0627 e. The van der Waals surface area contributed by atoms with Gasteiger partial charge in [-0.2, -0.15) is 0 Å². The summed E-state index contributed by atoms with van der Waals surface area (Å²) in [7, 11) is 0. The molecule has 0 fully saturated rings. The van der Waals surface area contributed by atoms with Crippen LogP contribution in [0.5, 0.6) is 0 Å². The average molecular weight is 495 g/mol. The van der Waals surface area contributed by atoms with E-state index < -0.39 is 0 Å². The molecule has 0 radical (unpaired) electrons. The second-order valence-corrected chi connectivity index (χ2v) is 16.3. The van der Waals surface area contributed by atoms with Gasteiger partial charge in [0.2, 0.25) is 0 Å². The zero-order chi connectivity index (χ0) is 27.2. The Hall–Kier alpha value is -0.0400. The van der Waals surface area contributed by atoms with Crippen LogP contribution in [0.15, 0.2) is 0 Å². The van der Waals surface area contributed by atoms with Crippen LogP contribution in [0, 0.1) is 21.7 Å². The molecule has 0 aliphatic carbocycles. The van der Waals surface area contributed by atoms with E-state index in [1.54, 1.807) is 0 Å². The first-order valence-electron chi connectivity index (χ1n) is 15.6. The monoisotopic (exact) mass is 495 g/mol. The number of ether oxygens (including phenoxy) is 1. The summed E-state index contributed by atoms with van der Waals surface area (Å²) in [5, 5.41) is 0. The highest BCUT2D eigenvalue weighted by atomic mass is 16.5. The van der Waals surface area contributed by atoms with Crippen molar-refractivity contribution in [2.24, 2.45) is 21.7 Å². The van der Waals surface area contributed by atoms with Crippen LogP contribution in [-0.4, -0.2) is 12.2 Å². The van der Waals surface area contributed by atoms with E-state index in [9.17, 15) is 0 Å². The number of hydrogen-bond acceptors (Lipinski definition) is 1. The normalized spacial score (nSPS) is 15.4. The minimum Gasteiger partial charge on any atom is -0.374 e. The summed E-state index contributed by atoms with van der Waals surface area (Å²) >= 11 is 0. The fraction of sp³-hybridized carbons (Fsp3) is 1.00. The number of hydrogen-bond donors (Lipinski definition) is 0. The fourth-order valence-corrected chi connectivity index (χ4v) is 4.99. The summed E-state index contributed by atoms with van der Waals surface area (Å²) in [5.74, 6) is 0. The lowest BCUT2D eigenvalue weighted by Gasteiger charge is -2.39. The Balaban J connectivity index is 4.37. The van der Waals surface area contributed by atoms with E-state index in [0.29, 0.717) is 23.0 Å². The molecule has 0 saturated heterocycles. The zero-order valence-corrected chi connectivity index (χ0v) is 26.9. The van der Waals surface area contributed by atoms with Gasteiger partial charge in [0, 0.05) is 0 Å². The third-order valence-corrected chi connectivity index (χ3v) is 7.55. The molecule has 0 spiro atoms. The summed E-state index contributed by atoms with van der Waals surface area (Å²) < 4.78 is 6.94. The minimum atomic E-state index is 0.212. The molecule has 0 aromatic heterocycles. The van der Waals surface area contributed by atoms with E-state index >= 15 is 0 Å². The molecule has 2 unspecified atom stereocenters. The van der Waals surface area contributed by atoms with E-state index in [0.717, 1.165) is 0 Å². The van der Waals surface area contributed by atoms with E-state index in [-0.39, 0.29) is 10.8 Å². The maximum Gasteiger partial charge on any atom is 0.0627 e. The van der Waals surface area contributed by atoms with Gasteiger partial charge in [-0.15, -0.1) is 0 Å². The lowest BCUT2D eigenvalue weighted by atomic mass is 9.82. The van der Waals surface area contributed by atoms with Gasteiger partial charge in [0.15, 0.2) is 0 Å². The molecule has 0 aliphatic heterocycles. The first-order chi connectivity index (χ1) is 15.9. The van der Waals surface area contributed by atoms with Crippen LogP contribution in [0.1, 0.15) is 186 Å². The molecular formula is C34H70O. The maximum atomic E-state index is 6.94. The SMILES string of the molecule is CC(C)(C)CCCCCCCCC(OC(CCCCCCCCC(C)(C)C)C(C)(C)C)C(C)(C)C. The van der Waals surface area contributed by atoms with E-state index in [2.05, 4.69) is 83.1 Å². The van der Waals surface area contributed by atoms with Crippen molar-refractivity contribution in [3.63, 3.8) is 0 Å². The first-order valence-corrected chi connectivity index (χ1v) is 15.6. The molecule has 0 aliphatic rings. The van der Waals surface area contributed by atoms with Crippen LogP contribution in [0.25, 0.3) is 0 Å². The molecule has 1 heteroatoms. The predicted octanol–water partition coefficient (Wildman–Crippen LogP) is 12.2. The molecule has 0 heterocycles. The molecule has 1 nitrogen and oxygen atoms in total. The Bertz CT molecular complexity index is 445. The lowest BCUT2D eigenvalue weighted by molar-refractivity contribution is -0.113. The molecule has 212 valence electrons. The van der Waals surface area contributed by atoms with Gasteiger partial charge in [-0.05, 0) is 47.3 Å². The Morgan fingerprint density at radius 3 is 0.886 bits per heavy atom. The van der Waals surface area contributed by atoms with Gasteiger partial charge >= 0.3 is 0 Å². The van der Waals surface area contributed by atoms with Gasteiger partial charge in [0.25, 0.3) is 0 Å². The second kappa shape index (κ2) is 16.7. The highest BCUT2D eigenvalue weighted by Crippen LogP contribution is 2.35. The fourth-order valence-electron chi connectivity index (χ4n) is 4.99. The van der Waals surface area contributed by atoms with Crippen LogP contribution in [0.4, 0.5) is 0 Å². The van der Waals surface area contributed by atoms with Gasteiger partial charge in [0.05, 0.1) is 12.2 Å². The van der Waals surface area contributed by atoms with Gasteiger partial charge < -0.3 is 4.74 Å². The Morgan fingerprint density at radius 2 is 0.629 bits per heavy atom. The van der Waals surface area contributed by atoms with Crippen molar-refractivity contribution in [3.8, 4) is 0 Å². The Morgan fingerprint density at radius 1 is 0.371 bits per heavy atom. The number of unbranched alkanes of at least 4 members (excludes halogenated alkanes) is 10. The maximum absolute atomic E-state index is 6.94. The highest BCUT2D eigenvalue weighted by Gasteiger charge is 2.32. The summed E-state index contributed by atoms with van der Waals surface area (Å²) in [6, 6.07) is 0. The van der Waals surface area contributed by atoms with Crippen molar-refractivity contribution in [3.05, 3.63) is 0 Å². The Labute approximate surface area is 224 Å². The first kappa shape index (κ1) is 35.0. The third kappa shape index (κ3) is 21.7. The molecule has 0 rings (SSSR count). The lowest BCUT2D eigenvalue weighted by Crippen LogP contribution is -2.39. The van der Waals surface area contributed by atoms with Crippen LogP contribution in [0.3, 0.4) is 0 Å². The predicted molar refractivity (Wildman–Crippen MR) is 160 cm³/mol. The quantitative estimate of drug-likeness (QED) is 0.172. The van der Waals surface area contributed by atoms with E-state index in [1.165, 1.54) is 103 Å². The molecule has 0 N–H and O–H groups in total. The molecule has 0 amide bonds. The van der Waals surface area contributed by atoms with Gasteiger partial charge in [-0.1, -0.05) is 160 Å². The van der Waals surface area contributed by atoms with Crippen molar-refractivity contribution in [1.82, 2.24) is 0 Å². The van der Waals surface area contributed by atoms with E-state index in [4.69, 9.17) is 4.74 Å². The van der Waals surface area contributed by atoms with Crippen molar-refractivity contribution in [2.75, 3.05) is 0 Å². The third-order valence-electron chi connectivity index (χ3n) is 7.55. The van der Waals surface area contributed by atoms with Crippen molar-refractivity contribution < 1.29 is 4.74 Å². The number of rotatable bonds is 18. The van der Waals surface area contributed by atoms with Crippen LogP contribution in [0.2, 0.25) is 0 Å². The average Bonchev–Trinajstić information content (AvgIpc) is 2.66. The molecule has 0 saturated carbocycles. The van der Waals surface area contributed by atoms with Crippen molar-refractivity contribution in [1.29, 1.82) is 0 Å². The van der Waals surface area contributed by atoms with Crippen molar-refractivity contribution in [2.45, 2.75) is 198 Å². The van der Waals surface area contributed by atoms with Crippen LogP contribution < -0.4 is 0 Å². The van der Waals surface area contributed by atoms with Gasteiger partial charge in [-0.3, -0.25) is 0 Å². The molecule has 2 atom stereocenters. The highest BCUT2D eigenvalue weighted by molar-refractivity contribution is 4.81. The molecule has 0 bridgehead atoms. The zero-order valence-electron chi connectivity index (χ0n) is 26.9. The van der Waals surface area contributed by atoms with Crippen LogP contribution in [-0.2, 0) is 4.74 Å². The largest absolute Gasteiger partial charge is 0.374 e. The summed E-state index contributed by atoms with van der Waals surface area (Å²) in [5.41, 5.74) is 1.41. The molecule has 0 aromatic rings. The minimum absolute atomic E-state index is 0.212. The Kier molecular flexibility index (Phi) is 16.7. The summed E-state index contributed by atoms with van der Waals surface area (Å²) in [4.78, 5) is 0. The van der Waals surface area contributed by atoms with Crippen LogP contribution >= 0.6 is 0 Å². The van der Waals surface area contributed by atoms with Gasteiger partial charge in [0.1, 0.15) is 0 Å². The van der Waals surface area contributed by atoms with Crippen molar-refractivity contribution >= 4 is 0 Å². The molecular weight excluding hydrogens is 424 g/mol. The topological polar surface area (TPSA) is 9.23 Å². The molecule has 0 aromatic carbocycles. The molecule has 35 heavy (non-hydrogen) atoms.